The Kier molecular flexibility index (Phi) is 4.39. The maximum absolute atomic E-state index is 10.8. The molecule has 0 unspecified atom stereocenters. The lowest BCUT2D eigenvalue weighted by molar-refractivity contribution is 0.512. The summed E-state index contributed by atoms with van der Waals surface area (Å²) in [5, 5.41) is 24.9. The van der Waals surface area contributed by atoms with Crippen molar-refractivity contribution in [1.29, 1.82) is 5.26 Å². The minimum absolute atomic E-state index is 0.0656. The molecule has 0 saturated carbocycles. The second-order valence-corrected chi connectivity index (χ2v) is 7.82. The number of aromatic nitrogens is 1. The molecule has 1 aliphatic rings. The van der Waals surface area contributed by atoms with Crippen LogP contribution in [-0.4, -0.2) is 10.1 Å². The van der Waals surface area contributed by atoms with E-state index in [1.807, 2.05) is 41.1 Å². The van der Waals surface area contributed by atoms with Gasteiger partial charge in [0.25, 0.3) is 0 Å². The van der Waals surface area contributed by atoms with Gasteiger partial charge < -0.3 is 5.11 Å². The van der Waals surface area contributed by atoms with Gasteiger partial charge in [0.1, 0.15) is 22.4 Å². The first-order valence-corrected chi connectivity index (χ1v) is 9.98. The molecular formula is C20H16N2OS2. The van der Waals surface area contributed by atoms with Crippen molar-refractivity contribution in [1.82, 2.24) is 4.98 Å². The van der Waals surface area contributed by atoms with E-state index in [0.717, 1.165) is 36.1 Å². The number of allylic oxidation sites excluding steroid dienone is 1. The molecule has 2 heterocycles. The zero-order valence-electron chi connectivity index (χ0n) is 13.5. The van der Waals surface area contributed by atoms with Crippen LogP contribution < -0.4 is 0 Å². The molecule has 0 atom stereocenters. The van der Waals surface area contributed by atoms with Gasteiger partial charge in [-0.25, -0.2) is 4.98 Å². The van der Waals surface area contributed by atoms with Crippen LogP contribution in [0.15, 0.2) is 41.1 Å². The summed E-state index contributed by atoms with van der Waals surface area (Å²) in [5.41, 5.74) is 4.12. The molecule has 5 heteroatoms. The lowest BCUT2D eigenvalue weighted by Gasteiger charge is -2.12. The highest BCUT2D eigenvalue weighted by molar-refractivity contribution is 7.11. The highest BCUT2D eigenvalue weighted by atomic mass is 32.1. The number of aryl methyl sites for hydroxylation is 1. The topological polar surface area (TPSA) is 56.9 Å². The van der Waals surface area contributed by atoms with Crippen molar-refractivity contribution in [2.75, 3.05) is 0 Å². The van der Waals surface area contributed by atoms with Crippen molar-refractivity contribution in [2.45, 2.75) is 25.7 Å². The fourth-order valence-corrected chi connectivity index (χ4v) is 5.11. The quantitative estimate of drug-likeness (QED) is 0.479. The highest BCUT2D eigenvalue weighted by Gasteiger charge is 2.22. The Bertz CT molecular complexity index is 977. The number of fused-ring (bicyclic) bond motifs is 1. The van der Waals surface area contributed by atoms with Crippen molar-refractivity contribution >= 4 is 34.0 Å². The smallest absolute Gasteiger partial charge is 0.144 e. The molecule has 124 valence electrons. The van der Waals surface area contributed by atoms with Gasteiger partial charge in [0.2, 0.25) is 0 Å². The zero-order valence-corrected chi connectivity index (χ0v) is 15.2. The molecule has 0 aliphatic heterocycles. The minimum atomic E-state index is 0.0656. The number of thiazole rings is 1. The largest absolute Gasteiger partial charge is 0.506 e. The van der Waals surface area contributed by atoms with Crippen LogP contribution in [-0.2, 0) is 12.8 Å². The van der Waals surface area contributed by atoms with Gasteiger partial charge in [-0.3, -0.25) is 0 Å². The van der Waals surface area contributed by atoms with Crippen LogP contribution in [0, 0.1) is 11.3 Å². The lowest BCUT2D eigenvalue weighted by Crippen LogP contribution is -2.01. The summed E-state index contributed by atoms with van der Waals surface area (Å²) in [7, 11) is 0. The molecule has 0 fully saturated rings. The van der Waals surface area contributed by atoms with Gasteiger partial charge in [-0.15, -0.1) is 22.7 Å². The van der Waals surface area contributed by atoms with Crippen LogP contribution in [0.25, 0.3) is 22.6 Å². The number of aliphatic hydroxyl groups excluding tert-OH is 1. The van der Waals surface area contributed by atoms with Gasteiger partial charge in [-0.05, 0) is 31.2 Å². The molecule has 1 aromatic carbocycles. The average molecular weight is 364 g/mol. The van der Waals surface area contributed by atoms with Gasteiger partial charge in [0, 0.05) is 26.8 Å². The van der Waals surface area contributed by atoms with Gasteiger partial charge in [-0.1, -0.05) is 30.3 Å². The number of rotatable bonds is 3. The maximum Gasteiger partial charge on any atom is 0.144 e. The van der Waals surface area contributed by atoms with Crippen LogP contribution in [0.4, 0.5) is 0 Å². The summed E-state index contributed by atoms with van der Waals surface area (Å²) in [6.07, 6.45) is 4.39. The number of nitrogens with zero attached hydrogens (tertiary/aromatic N) is 2. The Morgan fingerprint density at radius 3 is 2.68 bits per heavy atom. The van der Waals surface area contributed by atoms with Gasteiger partial charge in [0.05, 0.1) is 5.69 Å². The van der Waals surface area contributed by atoms with Crippen molar-refractivity contribution < 1.29 is 5.11 Å². The van der Waals surface area contributed by atoms with Crippen LogP contribution in [0.1, 0.15) is 33.9 Å². The first-order valence-electron chi connectivity index (χ1n) is 8.22. The van der Waals surface area contributed by atoms with Crippen molar-refractivity contribution in [3.8, 4) is 17.3 Å². The van der Waals surface area contributed by atoms with Crippen LogP contribution >= 0.6 is 22.7 Å². The first-order chi connectivity index (χ1) is 12.3. The van der Waals surface area contributed by atoms with Crippen molar-refractivity contribution in [2.24, 2.45) is 0 Å². The second kappa shape index (κ2) is 6.83. The molecule has 1 N–H and O–H groups in total. The van der Waals surface area contributed by atoms with E-state index < -0.39 is 0 Å². The van der Waals surface area contributed by atoms with E-state index in [4.69, 9.17) is 0 Å². The number of nitriles is 1. The molecule has 3 nitrogen and oxygen atoms in total. The molecule has 3 aromatic rings. The third-order valence-electron chi connectivity index (χ3n) is 4.45. The molecule has 0 spiro atoms. The van der Waals surface area contributed by atoms with Crippen molar-refractivity contribution in [3.63, 3.8) is 0 Å². The summed E-state index contributed by atoms with van der Waals surface area (Å²) >= 11 is 3.08. The van der Waals surface area contributed by atoms with E-state index >= 15 is 0 Å². The van der Waals surface area contributed by atoms with E-state index in [-0.39, 0.29) is 11.3 Å². The molecule has 0 bridgehead atoms. The Labute approximate surface area is 154 Å². The monoisotopic (exact) mass is 364 g/mol. The maximum atomic E-state index is 10.8. The summed E-state index contributed by atoms with van der Waals surface area (Å²) in [6.45, 7) is 0. The Morgan fingerprint density at radius 2 is 1.88 bits per heavy atom. The SMILES string of the molecule is N#C/C(=C(/O)c1csc2c1CCCC2)c1nc(-c2ccccc2)cs1. The Hall–Kier alpha value is -2.42. The predicted molar refractivity (Wildman–Crippen MR) is 104 cm³/mol. The number of benzene rings is 1. The summed E-state index contributed by atoms with van der Waals surface area (Å²) in [5.74, 6) is 0.0656. The van der Waals surface area contributed by atoms with Crippen LogP contribution in [0.5, 0.6) is 0 Å². The number of aliphatic hydroxyl groups is 1. The van der Waals surface area contributed by atoms with E-state index in [9.17, 15) is 10.4 Å². The third-order valence-corrected chi connectivity index (χ3v) is 6.40. The molecule has 0 radical (unpaired) electrons. The molecule has 0 amide bonds. The Morgan fingerprint density at radius 1 is 1.08 bits per heavy atom. The number of hydrogen-bond acceptors (Lipinski definition) is 5. The van der Waals surface area contributed by atoms with Crippen LogP contribution in [0.3, 0.4) is 0 Å². The zero-order chi connectivity index (χ0) is 17.2. The average Bonchev–Trinajstić information content (AvgIpc) is 3.30. The third kappa shape index (κ3) is 2.99. The number of hydrogen-bond donors (Lipinski definition) is 1. The lowest BCUT2D eigenvalue weighted by atomic mass is 9.94. The van der Waals surface area contributed by atoms with Gasteiger partial charge >= 0.3 is 0 Å². The molecule has 25 heavy (non-hydrogen) atoms. The molecule has 4 rings (SSSR count). The highest BCUT2D eigenvalue weighted by Crippen LogP contribution is 2.37. The summed E-state index contributed by atoms with van der Waals surface area (Å²) in [6, 6.07) is 12.0. The van der Waals surface area contributed by atoms with Gasteiger partial charge in [0.15, 0.2) is 0 Å². The van der Waals surface area contributed by atoms with E-state index in [1.54, 1.807) is 11.3 Å². The van der Waals surface area contributed by atoms with Gasteiger partial charge in [-0.2, -0.15) is 5.26 Å². The molecule has 2 aromatic heterocycles. The summed E-state index contributed by atoms with van der Waals surface area (Å²) < 4.78 is 0. The van der Waals surface area contributed by atoms with Crippen LogP contribution in [0.2, 0.25) is 0 Å². The Balaban J connectivity index is 1.75. The van der Waals surface area contributed by atoms with E-state index in [2.05, 4.69) is 11.1 Å². The molecular weight excluding hydrogens is 348 g/mol. The predicted octanol–water partition coefficient (Wildman–Crippen LogP) is 5.70. The summed E-state index contributed by atoms with van der Waals surface area (Å²) in [4.78, 5) is 5.92. The molecule has 0 saturated heterocycles. The minimum Gasteiger partial charge on any atom is -0.506 e. The normalized spacial score (nSPS) is 14.5. The molecule has 1 aliphatic carbocycles. The fraction of sp³-hybridized carbons (Fsp3) is 0.200. The fourth-order valence-electron chi connectivity index (χ4n) is 3.16. The van der Waals surface area contributed by atoms with Crippen molar-refractivity contribution in [3.05, 3.63) is 62.1 Å². The van der Waals surface area contributed by atoms with E-state index in [1.165, 1.54) is 28.2 Å². The second-order valence-electron chi connectivity index (χ2n) is 6.00. The number of thiophene rings is 1. The first kappa shape index (κ1) is 16.1. The van der Waals surface area contributed by atoms with E-state index in [0.29, 0.717) is 5.01 Å². The standard InChI is InChI=1S/C20H16N2OS2/c21-10-15(19(23)16-11-24-18-9-5-4-8-14(16)18)20-22-17(12-25-20)13-6-2-1-3-7-13/h1-3,6-7,11-12,23H,4-5,8-9H2/b19-15-.